The molecule has 0 radical (unpaired) electrons. The monoisotopic (exact) mass is 730 g/mol. The summed E-state index contributed by atoms with van der Waals surface area (Å²) in [5.41, 5.74) is -0.178. The van der Waals surface area contributed by atoms with Gasteiger partial charge in [-0.3, -0.25) is 19.2 Å². The van der Waals surface area contributed by atoms with Crippen molar-refractivity contribution in [3.05, 3.63) is 19.6 Å². The van der Waals surface area contributed by atoms with E-state index in [1.165, 1.54) is 9.80 Å². The molecule has 0 aliphatic carbocycles. The van der Waals surface area contributed by atoms with Gasteiger partial charge in [-0.1, -0.05) is 100 Å². The summed E-state index contributed by atoms with van der Waals surface area (Å²) in [5.74, 6) is -2.17. The van der Waals surface area contributed by atoms with Gasteiger partial charge < -0.3 is 19.3 Å². The highest BCUT2D eigenvalue weighted by Crippen LogP contribution is 2.68. The Morgan fingerprint density at radius 2 is 0.938 bits per heavy atom. The zero-order valence-corrected chi connectivity index (χ0v) is 31.9. The number of likely N-dealkylation sites (N-methyl/N-ethyl adjacent to an activating group) is 2. The number of fused-ring (bicyclic) bond motifs is 2. The van der Waals surface area contributed by atoms with Gasteiger partial charge in [0.15, 0.2) is 11.5 Å². The molecule has 2 heterocycles. The number of ether oxygens (including phenoxy) is 2. The van der Waals surface area contributed by atoms with Crippen molar-refractivity contribution in [2.24, 2.45) is 11.8 Å². The van der Waals surface area contributed by atoms with E-state index in [0.717, 1.165) is 72.7 Å². The van der Waals surface area contributed by atoms with Crippen LogP contribution in [0.15, 0.2) is 39.2 Å². The summed E-state index contributed by atoms with van der Waals surface area (Å²) < 4.78 is 13.2. The minimum absolute atomic E-state index is 0.0890. The summed E-state index contributed by atoms with van der Waals surface area (Å²) in [7, 11) is 6.21. The van der Waals surface area contributed by atoms with Crippen molar-refractivity contribution in [2.75, 3.05) is 28.2 Å². The quantitative estimate of drug-likeness (QED) is 0.0793. The fourth-order valence-corrected chi connectivity index (χ4v) is 10.2. The number of thioether (sulfide) groups is 4. The molecule has 0 bridgehead atoms. The van der Waals surface area contributed by atoms with Crippen molar-refractivity contribution in [2.45, 2.75) is 98.6 Å². The molecule has 2 atom stereocenters. The lowest BCUT2D eigenvalue weighted by Crippen LogP contribution is -2.23. The van der Waals surface area contributed by atoms with E-state index in [1.54, 1.807) is 28.2 Å². The fraction of sp³-hybridized carbons (Fsp3) is 0.529. The second-order valence-electron chi connectivity index (χ2n) is 11.7. The van der Waals surface area contributed by atoms with Crippen molar-refractivity contribution in [3.8, 4) is 23.6 Å². The largest absolute Gasteiger partial charge is 0.424 e. The highest BCUT2D eigenvalue weighted by Gasteiger charge is 2.41. The van der Waals surface area contributed by atoms with Gasteiger partial charge in [0.1, 0.15) is 23.3 Å². The Morgan fingerprint density at radius 3 is 1.17 bits per heavy atom. The third kappa shape index (κ3) is 8.75. The number of benzene rings is 1. The van der Waals surface area contributed by atoms with E-state index < -0.39 is 23.8 Å². The molecular formula is C34H42N4O6S4. The van der Waals surface area contributed by atoms with Crippen molar-refractivity contribution >= 4 is 70.8 Å². The molecule has 2 aliphatic heterocycles. The SMILES string of the molecule is CCCCC(CC)C(=O)Oc1c2c(c(OC(=O)C(CC)CCCC)c3c1SC(=C(C#N)C(=O)N(C)C)S3)SC(=C(C#N)C(=O)N(C)C)S2. The summed E-state index contributed by atoms with van der Waals surface area (Å²) in [4.78, 5) is 57.8. The van der Waals surface area contributed by atoms with Gasteiger partial charge in [0.2, 0.25) is 0 Å². The molecule has 0 N–H and O–H groups in total. The van der Waals surface area contributed by atoms with Gasteiger partial charge in [-0.2, -0.15) is 10.5 Å². The van der Waals surface area contributed by atoms with Gasteiger partial charge in [-0.05, 0) is 25.7 Å². The van der Waals surface area contributed by atoms with Crippen LogP contribution in [0.5, 0.6) is 11.5 Å². The Morgan fingerprint density at radius 1 is 0.625 bits per heavy atom. The van der Waals surface area contributed by atoms with Crippen LogP contribution in [0.4, 0.5) is 0 Å². The number of carbonyl (C=O) groups is 4. The molecule has 3 rings (SSSR count). The maximum atomic E-state index is 13.7. The second-order valence-corrected chi connectivity index (χ2v) is 16.3. The zero-order chi connectivity index (χ0) is 35.7. The predicted molar refractivity (Wildman–Crippen MR) is 190 cm³/mol. The first kappa shape index (κ1) is 39.4. The molecule has 2 amide bonds. The third-order valence-electron chi connectivity index (χ3n) is 7.76. The van der Waals surface area contributed by atoms with Gasteiger partial charge >= 0.3 is 11.9 Å². The molecule has 2 unspecified atom stereocenters. The second kappa shape index (κ2) is 18.1. The van der Waals surface area contributed by atoms with E-state index in [4.69, 9.17) is 9.47 Å². The number of rotatable bonds is 14. The average Bonchev–Trinajstić information content (AvgIpc) is 3.69. The molecule has 0 saturated carbocycles. The third-order valence-corrected chi connectivity index (χ3v) is 12.9. The first-order chi connectivity index (χ1) is 22.9. The van der Waals surface area contributed by atoms with Crippen LogP contribution in [0.2, 0.25) is 0 Å². The lowest BCUT2D eigenvalue weighted by Gasteiger charge is -2.20. The summed E-state index contributed by atoms with van der Waals surface area (Å²) in [6, 6.07) is 4.05. The molecular weight excluding hydrogens is 689 g/mol. The lowest BCUT2D eigenvalue weighted by atomic mass is 10.00. The molecule has 0 saturated heterocycles. The molecule has 1 aromatic rings. The molecule has 1 aromatic carbocycles. The molecule has 258 valence electrons. The Balaban J connectivity index is 2.35. The van der Waals surface area contributed by atoms with Crippen LogP contribution in [0.25, 0.3) is 0 Å². The zero-order valence-electron chi connectivity index (χ0n) is 28.7. The van der Waals surface area contributed by atoms with Gasteiger partial charge in [0.05, 0.1) is 39.9 Å². The topological polar surface area (TPSA) is 141 Å². The summed E-state index contributed by atoms with van der Waals surface area (Å²) in [6.45, 7) is 7.96. The number of nitrogens with zero attached hydrogens (tertiary/aromatic N) is 4. The highest BCUT2D eigenvalue weighted by atomic mass is 32.2. The Labute approximate surface area is 300 Å². The summed E-state index contributed by atoms with van der Waals surface area (Å²) in [6.07, 6.45) is 5.96. The van der Waals surface area contributed by atoms with Crippen LogP contribution < -0.4 is 9.47 Å². The highest BCUT2D eigenvalue weighted by molar-refractivity contribution is 8.26. The molecule has 0 fully saturated rings. The van der Waals surface area contributed by atoms with Crippen LogP contribution in [0.1, 0.15) is 79.1 Å². The molecule has 0 spiro atoms. The van der Waals surface area contributed by atoms with Gasteiger partial charge in [-0.25, -0.2) is 0 Å². The minimum Gasteiger partial charge on any atom is -0.424 e. The molecule has 14 heteroatoms. The molecule has 48 heavy (non-hydrogen) atoms. The van der Waals surface area contributed by atoms with Gasteiger partial charge in [0, 0.05) is 28.2 Å². The van der Waals surface area contributed by atoms with E-state index >= 15 is 0 Å². The first-order valence-electron chi connectivity index (χ1n) is 16.0. The first-order valence-corrected chi connectivity index (χ1v) is 19.3. The van der Waals surface area contributed by atoms with E-state index in [2.05, 4.69) is 13.8 Å². The number of hydrogen-bond donors (Lipinski definition) is 0. The summed E-state index contributed by atoms with van der Waals surface area (Å²) in [5, 5.41) is 20.1. The maximum Gasteiger partial charge on any atom is 0.314 e. The van der Waals surface area contributed by atoms with Crippen LogP contribution >= 0.6 is 47.0 Å². The Hall–Kier alpha value is -3.04. The Kier molecular flexibility index (Phi) is 14.9. The van der Waals surface area contributed by atoms with Crippen molar-refractivity contribution in [1.82, 2.24) is 9.80 Å². The standard InChI is InChI=1S/C34H42N4O6S4/c1-9-13-15-19(11-3)31(41)43-23-25-27(47-33(45-25)21(17-35)29(39)37(5)6)24(44-32(42)20(12-4)16-14-10-2)28-26(23)46-34(48-28)22(18-36)30(40)38(7)8/h19-20H,9-16H2,1-8H3. The number of hydrogen-bond acceptors (Lipinski definition) is 12. The maximum absolute atomic E-state index is 13.7. The fourth-order valence-electron chi connectivity index (χ4n) is 4.85. The van der Waals surface area contributed by atoms with Crippen LogP contribution in [0, 0.1) is 34.5 Å². The average molecular weight is 731 g/mol. The van der Waals surface area contributed by atoms with Crippen LogP contribution in [0.3, 0.4) is 0 Å². The lowest BCUT2D eigenvalue weighted by molar-refractivity contribution is -0.141. The molecule has 10 nitrogen and oxygen atoms in total. The van der Waals surface area contributed by atoms with Crippen LogP contribution in [-0.4, -0.2) is 61.7 Å². The van der Waals surface area contributed by atoms with Crippen molar-refractivity contribution in [3.63, 3.8) is 0 Å². The van der Waals surface area contributed by atoms with Gasteiger partial charge in [-0.15, -0.1) is 0 Å². The minimum atomic E-state index is -0.490. The van der Waals surface area contributed by atoms with Crippen molar-refractivity contribution in [1.29, 1.82) is 10.5 Å². The Bertz CT molecular complexity index is 1450. The normalized spacial score (nSPS) is 14.2. The molecule has 0 aromatic heterocycles. The van der Waals surface area contributed by atoms with E-state index in [1.807, 2.05) is 26.0 Å². The van der Waals surface area contributed by atoms with E-state index in [9.17, 15) is 29.7 Å². The molecule has 2 aliphatic rings. The number of nitriles is 2. The number of amides is 2. The van der Waals surface area contributed by atoms with Crippen molar-refractivity contribution < 1.29 is 28.7 Å². The smallest absolute Gasteiger partial charge is 0.314 e. The number of esters is 2. The predicted octanol–water partition coefficient (Wildman–Crippen LogP) is 7.97. The van der Waals surface area contributed by atoms with E-state index in [0.29, 0.717) is 53.7 Å². The van der Waals surface area contributed by atoms with Gasteiger partial charge in [0.25, 0.3) is 11.8 Å². The van der Waals surface area contributed by atoms with Crippen LogP contribution in [-0.2, 0) is 19.2 Å². The summed E-state index contributed by atoms with van der Waals surface area (Å²) >= 11 is 4.43. The van der Waals surface area contributed by atoms with E-state index in [-0.39, 0.29) is 34.5 Å². The number of unbranched alkanes of at least 4 members (excludes halogenated alkanes) is 2. The number of carbonyl (C=O) groups excluding carboxylic acids is 4.